The van der Waals surface area contributed by atoms with Gasteiger partial charge in [0.25, 0.3) is 0 Å². The highest BCUT2D eigenvalue weighted by Crippen LogP contribution is 2.64. The number of amides is 1. The van der Waals surface area contributed by atoms with Gasteiger partial charge >= 0.3 is 17.9 Å². The Balaban J connectivity index is 1.51. The number of carbonyl (C=O) groups is 5. The molecule has 13 atom stereocenters. The largest absolute Gasteiger partial charge is 0.456 e. The van der Waals surface area contributed by atoms with Crippen LogP contribution in [0.1, 0.15) is 85.4 Å². The fraction of sp³-hybridized carbons (Fsp3) is 0.587. The lowest BCUT2D eigenvalue weighted by atomic mass is 9.44. The van der Waals surface area contributed by atoms with Crippen LogP contribution in [0.25, 0.3) is 0 Å². The van der Waals surface area contributed by atoms with Crippen molar-refractivity contribution in [2.24, 2.45) is 16.7 Å². The first-order valence-electron chi connectivity index (χ1n) is 20.7. The number of hydrogen-bond acceptors (Lipinski definition) is 14. The van der Waals surface area contributed by atoms with Crippen molar-refractivity contribution in [2.45, 2.75) is 140 Å². The zero-order chi connectivity index (χ0) is 45.7. The molecular weight excluding hydrogens is 826 g/mol. The molecule has 1 amide bonds. The van der Waals surface area contributed by atoms with Gasteiger partial charge in [-0.05, 0) is 50.0 Å². The molecule has 16 heteroatoms. The predicted octanol–water partition coefficient (Wildman–Crippen LogP) is 3.81. The van der Waals surface area contributed by atoms with Crippen LogP contribution < -0.4 is 5.32 Å². The molecule has 0 radical (unpaired) electrons. The maximum absolute atomic E-state index is 15.5. The standard InChI is InChI=1S/C46H58ClNO14/c1-24-30(61-40(54)35(52)34(29-18-14-11-15-19-29)48-41(55)44(8,47)25(2)57-9)21-46(56)39(58-22-28-16-12-10-13-17-28)37-43(7,31(51)20-32-45(37,23-59-32)62-27(4)50)38(53)36(60-26(3)49)33(24)42(46,5)6/h10-19,25,30-32,34-37,39,51-52,56H,20-23H2,1-9H3,(H,48,55)/t25-,30-,31-,32?,34-,35+,36+,37-,39-,43+,44-,45-,46+/m0/s1. The zero-order valence-electron chi connectivity index (χ0n) is 36.5. The molecule has 0 spiro atoms. The summed E-state index contributed by atoms with van der Waals surface area (Å²) in [7, 11) is 1.39. The number of halogens is 1. The van der Waals surface area contributed by atoms with E-state index in [9.17, 15) is 34.5 Å². The molecule has 338 valence electrons. The summed E-state index contributed by atoms with van der Waals surface area (Å²) in [6, 6.07) is 15.9. The summed E-state index contributed by atoms with van der Waals surface area (Å²) in [5, 5.41) is 40.3. The van der Waals surface area contributed by atoms with Crippen LogP contribution in [-0.2, 0) is 59.0 Å². The van der Waals surface area contributed by atoms with Crippen molar-refractivity contribution < 1.29 is 67.7 Å². The van der Waals surface area contributed by atoms with Crippen LogP contribution in [0.4, 0.5) is 0 Å². The summed E-state index contributed by atoms with van der Waals surface area (Å²) in [5.41, 5.74) is -5.86. The number of aliphatic hydroxyl groups is 3. The number of ketones is 1. The molecule has 2 bridgehead atoms. The van der Waals surface area contributed by atoms with Gasteiger partial charge in [0.1, 0.15) is 22.7 Å². The molecule has 2 aromatic carbocycles. The first kappa shape index (κ1) is 47.3. The minimum atomic E-state index is -2.17. The number of fused-ring (bicyclic) bond motifs is 5. The van der Waals surface area contributed by atoms with Crippen LogP contribution in [0.5, 0.6) is 0 Å². The summed E-state index contributed by atoms with van der Waals surface area (Å²) >= 11 is 6.63. The molecule has 1 saturated heterocycles. The van der Waals surface area contributed by atoms with Gasteiger partial charge in [0, 0.05) is 45.1 Å². The second-order valence-electron chi connectivity index (χ2n) is 18.0. The summed E-state index contributed by atoms with van der Waals surface area (Å²) in [6.07, 6.45) is -10.4. The van der Waals surface area contributed by atoms with E-state index in [1.165, 1.54) is 27.9 Å². The molecule has 62 heavy (non-hydrogen) atoms. The maximum Gasteiger partial charge on any atom is 0.338 e. The molecule has 4 aliphatic rings. The number of hydrogen-bond donors (Lipinski definition) is 4. The van der Waals surface area contributed by atoms with E-state index in [0.717, 1.165) is 6.92 Å². The van der Waals surface area contributed by atoms with Crippen LogP contribution in [-0.4, -0.2) is 117 Å². The number of Topliss-reactive ketones (excluding diaryl/α,β-unsaturated/α-hetero) is 1. The number of nitrogens with one attached hydrogen (secondary N) is 1. The molecule has 6 rings (SSSR count). The average Bonchev–Trinajstić information content (AvgIpc) is 3.22. The monoisotopic (exact) mass is 883 g/mol. The van der Waals surface area contributed by atoms with E-state index >= 15 is 4.79 Å². The van der Waals surface area contributed by atoms with E-state index in [1.807, 2.05) is 6.07 Å². The highest BCUT2D eigenvalue weighted by atomic mass is 35.5. The fourth-order valence-corrected chi connectivity index (χ4v) is 10.3. The lowest BCUT2D eigenvalue weighted by Crippen LogP contribution is -2.81. The molecular formula is C46H58ClNO14. The third-order valence-corrected chi connectivity index (χ3v) is 14.5. The van der Waals surface area contributed by atoms with Crippen LogP contribution in [0.2, 0.25) is 0 Å². The molecule has 0 aromatic heterocycles. The lowest BCUT2D eigenvalue weighted by Gasteiger charge is -2.67. The van der Waals surface area contributed by atoms with Gasteiger partial charge in [-0.15, -0.1) is 11.6 Å². The maximum atomic E-state index is 15.5. The third kappa shape index (κ3) is 7.88. The van der Waals surface area contributed by atoms with Gasteiger partial charge in [0.05, 0.1) is 43.0 Å². The van der Waals surface area contributed by atoms with Crippen molar-refractivity contribution in [3.63, 3.8) is 0 Å². The third-order valence-electron chi connectivity index (χ3n) is 14.0. The SMILES string of the molecule is CO[C@@H](C)[C@](C)(Cl)C(=O)N[C@@H](c1ccccc1)[C@@H](O)C(=O)O[C@H]1C[C@@]2(O)[C@@H](OCc3ccccc3)[C@H]3[C@](C)(C(=O)[C@H](OC(C)=O)C(=C1C)C2(C)C)[C@@H](O)CC1OC[C@]13OC(C)=O. The smallest absolute Gasteiger partial charge is 0.338 e. The molecule has 1 aliphatic heterocycles. The minimum Gasteiger partial charge on any atom is -0.456 e. The second-order valence-corrected chi connectivity index (χ2v) is 18.8. The fourth-order valence-electron chi connectivity index (χ4n) is 10.1. The van der Waals surface area contributed by atoms with Gasteiger partial charge < -0.3 is 49.1 Å². The first-order chi connectivity index (χ1) is 29.0. The van der Waals surface area contributed by atoms with Crippen molar-refractivity contribution in [2.75, 3.05) is 13.7 Å². The highest BCUT2D eigenvalue weighted by Gasteiger charge is 2.77. The Bertz CT molecular complexity index is 2080. The Hall–Kier alpha value is -4.22. The molecule has 15 nitrogen and oxygen atoms in total. The van der Waals surface area contributed by atoms with E-state index in [4.69, 9.17) is 40.0 Å². The molecule has 3 fully saturated rings. The van der Waals surface area contributed by atoms with Crippen molar-refractivity contribution in [3.8, 4) is 0 Å². The molecule has 2 aromatic rings. The quantitative estimate of drug-likeness (QED) is 0.0976. The van der Waals surface area contributed by atoms with Gasteiger partial charge in [-0.3, -0.25) is 19.2 Å². The van der Waals surface area contributed by atoms with Crippen LogP contribution in [0.15, 0.2) is 71.8 Å². The zero-order valence-corrected chi connectivity index (χ0v) is 37.3. The number of benzene rings is 2. The van der Waals surface area contributed by atoms with Gasteiger partial charge in [-0.25, -0.2) is 4.79 Å². The molecule has 4 N–H and O–H groups in total. The first-order valence-corrected chi connectivity index (χ1v) is 21.1. The van der Waals surface area contributed by atoms with Gasteiger partial charge in [0.2, 0.25) is 5.91 Å². The number of rotatable bonds is 13. The van der Waals surface area contributed by atoms with Crippen molar-refractivity contribution in [3.05, 3.63) is 82.9 Å². The van der Waals surface area contributed by atoms with Crippen LogP contribution in [0.3, 0.4) is 0 Å². The number of methoxy groups -OCH3 is 1. The molecule has 2 saturated carbocycles. The van der Waals surface area contributed by atoms with E-state index in [-0.39, 0.29) is 30.8 Å². The van der Waals surface area contributed by atoms with E-state index in [1.54, 1.807) is 82.3 Å². The Morgan fingerprint density at radius 3 is 2.16 bits per heavy atom. The Morgan fingerprint density at radius 1 is 1.00 bits per heavy atom. The van der Waals surface area contributed by atoms with E-state index in [0.29, 0.717) is 11.1 Å². The van der Waals surface area contributed by atoms with Gasteiger partial charge in [-0.2, -0.15) is 0 Å². The highest BCUT2D eigenvalue weighted by molar-refractivity contribution is 6.35. The van der Waals surface area contributed by atoms with E-state index in [2.05, 4.69) is 5.32 Å². The summed E-state index contributed by atoms with van der Waals surface area (Å²) in [6.45, 7) is 11.4. The number of carbonyl (C=O) groups excluding carboxylic acids is 5. The topological polar surface area (TPSA) is 213 Å². The molecule has 1 heterocycles. The number of alkyl halides is 1. The van der Waals surface area contributed by atoms with Gasteiger partial charge in [-0.1, -0.05) is 74.5 Å². The minimum absolute atomic E-state index is 0.0896. The van der Waals surface area contributed by atoms with Crippen molar-refractivity contribution in [1.29, 1.82) is 0 Å². The summed E-state index contributed by atoms with van der Waals surface area (Å²) < 4.78 is 36.2. The normalized spacial score (nSPS) is 33.7. The van der Waals surface area contributed by atoms with E-state index < -0.39 is 118 Å². The van der Waals surface area contributed by atoms with Crippen molar-refractivity contribution >= 4 is 41.2 Å². The molecule has 3 aliphatic carbocycles. The Labute approximate surface area is 366 Å². The molecule has 1 unspecified atom stereocenters. The van der Waals surface area contributed by atoms with Crippen molar-refractivity contribution in [1.82, 2.24) is 5.32 Å². The Kier molecular flexibility index (Phi) is 13.3. The summed E-state index contributed by atoms with van der Waals surface area (Å²) in [4.78, 5) is 67.9. The number of esters is 3. The summed E-state index contributed by atoms with van der Waals surface area (Å²) in [5.74, 6) is -5.61. The number of aliphatic hydroxyl groups excluding tert-OH is 2. The average molecular weight is 884 g/mol. The second kappa shape index (κ2) is 17.4. The lowest BCUT2D eigenvalue weighted by molar-refractivity contribution is -0.351. The van der Waals surface area contributed by atoms with Crippen LogP contribution in [0, 0.1) is 16.7 Å². The van der Waals surface area contributed by atoms with Crippen LogP contribution >= 0.6 is 11.6 Å². The number of ether oxygens (including phenoxy) is 6. The van der Waals surface area contributed by atoms with Gasteiger partial charge in [0.15, 0.2) is 23.6 Å². The Morgan fingerprint density at radius 2 is 1.61 bits per heavy atom. The predicted molar refractivity (Wildman–Crippen MR) is 222 cm³/mol.